The molecule has 0 aliphatic heterocycles. The van der Waals surface area contributed by atoms with E-state index in [-0.39, 0.29) is 23.0 Å². The average molecular weight is 357 g/mol. The normalized spacial score (nSPS) is 11.8. The Bertz CT molecular complexity index is 754. The summed E-state index contributed by atoms with van der Waals surface area (Å²) in [4.78, 5) is -0.230. The maximum absolute atomic E-state index is 13.5. The van der Waals surface area contributed by atoms with Gasteiger partial charge in [0.25, 0.3) is 0 Å². The summed E-state index contributed by atoms with van der Waals surface area (Å²) in [6.45, 7) is 0.772. The van der Waals surface area contributed by atoms with Crippen molar-refractivity contribution in [1.29, 1.82) is 0 Å². The maximum atomic E-state index is 13.5. The van der Waals surface area contributed by atoms with Gasteiger partial charge in [0.2, 0.25) is 10.0 Å². The molecule has 2 rings (SSSR count). The van der Waals surface area contributed by atoms with E-state index in [0.29, 0.717) is 13.0 Å². The highest BCUT2D eigenvalue weighted by atomic mass is 35.5. The minimum atomic E-state index is -3.92. The molecule has 2 N–H and O–H groups in total. The van der Waals surface area contributed by atoms with E-state index in [9.17, 15) is 12.8 Å². The predicted molar refractivity (Wildman–Crippen MR) is 89.1 cm³/mol. The van der Waals surface area contributed by atoms with Crippen LogP contribution in [0, 0.1) is 5.82 Å². The van der Waals surface area contributed by atoms with Crippen LogP contribution in [0.1, 0.15) is 12.0 Å². The summed E-state index contributed by atoms with van der Waals surface area (Å²) in [5.74, 6) is -0.647. The zero-order valence-electron chi connectivity index (χ0n) is 12.5. The standard InChI is InChI=1S/C16H18ClFN2O2S/c17-15-8-7-14(18)11-16(15)23(21,22)20(10-4-9-19)12-13-5-2-1-3-6-13/h1-3,5-8,11H,4,9-10,12,19H2. The Labute approximate surface area is 140 Å². The SMILES string of the molecule is NCCCN(Cc1ccccc1)S(=O)(=O)c1cc(F)ccc1Cl. The molecule has 0 fully saturated rings. The van der Waals surface area contributed by atoms with E-state index in [2.05, 4.69) is 0 Å². The molecule has 0 unspecified atom stereocenters. The van der Waals surface area contributed by atoms with E-state index in [1.54, 1.807) is 0 Å². The molecule has 7 heteroatoms. The van der Waals surface area contributed by atoms with Crippen molar-refractivity contribution in [2.24, 2.45) is 5.73 Å². The van der Waals surface area contributed by atoms with E-state index >= 15 is 0 Å². The average Bonchev–Trinajstić information content (AvgIpc) is 2.54. The lowest BCUT2D eigenvalue weighted by Crippen LogP contribution is -2.33. The molecule has 0 aromatic heterocycles. The quantitative estimate of drug-likeness (QED) is 0.829. The van der Waals surface area contributed by atoms with Crippen LogP contribution < -0.4 is 5.73 Å². The Morgan fingerprint density at radius 1 is 1.13 bits per heavy atom. The highest BCUT2D eigenvalue weighted by Gasteiger charge is 2.27. The van der Waals surface area contributed by atoms with Crippen LogP contribution >= 0.6 is 11.6 Å². The number of hydrogen-bond donors (Lipinski definition) is 1. The van der Waals surface area contributed by atoms with Crippen molar-refractivity contribution in [3.8, 4) is 0 Å². The molecule has 124 valence electrons. The molecule has 0 aliphatic carbocycles. The summed E-state index contributed by atoms with van der Waals surface area (Å²) in [7, 11) is -3.92. The van der Waals surface area contributed by atoms with E-state index in [0.717, 1.165) is 17.7 Å². The first-order valence-corrected chi connectivity index (χ1v) is 8.96. The second-order valence-corrected chi connectivity index (χ2v) is 7.35. The number of halogens is 2. The van der Waals surface area contributed by atoms with Crippen molar-refractivity contribution in [3.05, 3.63) is 64.9 Å². The fourth-order valence-corrected chi connectivity index (χ4v) is 4.11. The summed E-state index contributed by atoms with van der Waals surface area (Å²) in [6, 6.07) is 12.5. The second-order valence-electron chi connectivity index (χ2n) is 5.04. The summed E-state index contributed by atoms with van der Waals surface area (Å²) in [6.07, 6.45) is 0.499. The van der Waals surface area contributed by atoms with Crippen LogP contribution in [0.4, 0.5) is 4.39 Å². The molecular weight excluding hydrogens is 339 g/mol. The Morgan fingerprint density at radius 2 is 1.83 bits per heavy atom. The Hall–Kier alpha value is -1.47. The van der Waals surface area contributed by atoms with Gasteiger partial charge in [-0.1, -0.05) is 41.9 Å². The third kappa shape index (κ3) is 4.51. The number of nitrogens with two attached hydrogens (primary N) is 1. The molecule has 0 amide bonds. The number of benzene rings is 2. The molecule has 0 heterocycles. The van der Waals surface area contributed by atoms with Gasteiger partial charge in [0.05, 0.1) is 5.02 Å². The summed E-state index contributed by atoms with van der Waals surface area (Å²) < 4.78 is 40.4. The third-order valence-corrected chi connectivity index (χ3v) is 5.65. The Balaban J connectivity index is 2.38. The van der Waals surface area contributed by atoms with E-state index < -0.39 is 15.8 Å². The molecule has 23 heavy (non-hydrogen) atoms. The van der Waals surface area contributed by atoms with Gasteiger partial charge in [0.15, 0.2) is 0 Å². The van der Waals surface area contributed by atoms with Gasteiger partial charge in [-0.05, 0) is 36.7 Å². The van der Waals surface area contributed by atoms with E-state index in [1.165, 1.54) is 10.4 Å². The fourth-order valence-electron chi connectivity index (χ4n) is 2.15. The minimum absolute atomic E-state index is 0.00258. The highest BCUT2D eigenvalue weighted by molar-refractivity contribution is 7.89. The van der Waals surface area contributed by atoms with Crippen LogP contribution in [-0.4, -0.2) is 25.8 Å². The van der Waals surface area contributed by atoms with Crippen LogP contribution in [-0.2, 0) is 16.6 Å². The zero-order chi connectivity index (χ0) is 16.9. The summed E-state index contributed by atoms with van der Waals surface area (Å²) >= 11 is 5.96. The van der Waals surface area contributed by atoms with E-state index in [4.69, 9.17) is 17.3 Å². The van der Waals surface area contributed by atoms with Gasteiger partial charge in [-0.15, -0.1) is 0 Å². The van der Waals surface area contributed by atoms with Crippen LogP contribution in [0.15, 0.2) is 53.4 Å². The van der Waals surface area contributed by atoms with Crippen molar-refractivity contribution in [3.63, 3.8) is 0 Å². The molecule has 0 radical (unpaired) electrons. The number of nitrogens with zero attached hydrogens (tertiary/aromatic N) is 1. The lowest BCUT2D eigenvalue weighted by atomic mass is 10.2. The highest BCUT2D eigenvalue weighted by Crippen LogP contribution is 2.26. The zero-order valence-corrected chi connectivity index (χ0v) is 14.0. The molecule has 0 spiro atoms. The first-order chi connectivity index (χ1) is 10.9. The molecule has 0 aliphatic rings. The van der Waals surface area contributed by atoms with Gasteiger partial charge in [0.1, 0.15) is 10.7 Å². The van der Waals surface area contributed by atoms with Gasteiger partial charge in [-0.25, -0.2) is 12.8 Å². The van der Waals surface area contributed by atoms with Crippen LogP contribution in [0.3, 0.4) is 0 Å². The predicted octanol–water partition coefficient (Wildman–Crippen LogP) is 3.02. The van der Waals surface area contributed by atoms with Gasteiger partial charge in [-0.3, -0.25) is 0 Å². The maximum Gasteiger partial charge on any atom is 0.244 e. The molecule has 2 aromatic carbocycles. The summed E-state index contributed by atoms with van der Waals surface area (Å²) in [5, 5.41) is -0.00258. The molecule has 2 aromatic rings. The number of sulfonamides is 1. The van der Waals surface area contributed by atoms with Gasteiger partial charge < -0.3 is 5.73 Å². The van der Waals surface area contributed by atoms with Gasteiger partial charge in [-0.2, -0.15) is 4.31 Å². The monoisotopic (exact) mass is 356 g/mol. The third-order valence-electron chi connectivity index (χ3n) is 3.32. The van der Waals surface area contributed by atoms with Crippen molar-refractivity contribution >= 4 is 21.6 Å². The lowest BCUT2D eigenvalue weighted by Gasteiger charge is -2.22. The van der Waals surface area contributed by atoms with Crippen molar-refractivity contribution in [1.82, 2.24) is 4.31 Å². The van der Waals surface area contributed by atoms with Gasteiger partial charge >= 0.3 is 0 Å². The first-order valence-electron chi connectivity index (χ1n) is 7.14. The second kappa shape index (κ2) is 7.88. The van der Waals surface area contributed by atoms with Crippen LogP contribution in [0.2, 0.25) is 5.02 Å². The van der Waals surface area contributed by atoms with Crippen molar-refractivity contribution in [2.45, 2.75) is 17.9 Å². The first kappa shape index (κ1) is 17.9. The minimum Gasteiger partial charge on any atom is -0.330 e. The Morgan fingerprint density at radius 3 is 2.48 bits per heavy atom. The molecule has 0 saturated carbocycles. The largest absolute Gasteiger partial charge is 0.330 e. The van der Waals surface area contributed by atoms with E-state index in [1.807, 2.05) is 30.3 Å². The lowest BCUT2D eigenvalue weighted by molar-refractivity contribution is 0.401. The van der Waals surface area contributed by atoms with Crippen molar-refractivity contribution in [2.75, 3.05) is 13.1 Å². The van der Waals surface area contributed by atoms with Crippen LogP contribution in [0.25, 0.3) is 0 Å². The van der Waals surface area contributed by atoms with Crippen LogP contribution in [0.5, 0.6) is 0 Å². The fraction of sp³-hybridized carbons (Fsp3) is 0.250. The smallest absolute Gasteiger partial charge is 0.244 e. The Kier molecular flexibility index (Phi) is 6.12. The van der Waals surface area contributed by atoms with Crippen molar-refractivity contribution < 1.29 is 12.8 Å². The number of hydrogen-bond acceptors (Lipinski definition) is 3. The molecule has 0 atom stereocenters. The topological polar surface area (TPSA) is 63.4 Å². The molecule has 4 nitrogen and oxygen atoms in total. The summed E-state index contributed by atoms with van der Waals surface area (Å²) in [5.41, 5.74) is 6.33. The number of rotatable bonds is 7. The van der Waals surface area contributed by atoms with Gasteiger partial charge in [0, 0.05) is 13.1 Å². The molecular formula is C16H18ClFN2O2S. The molecule has 0 bridgehead atoms. The molecule has 0 saturated heterocycles.